The van der Waals surface area contributed by atoms with E-state index in [1.54, 1.807) is 0 Å². The molecular weight excluding hydrogens is 290 g/mol. The Bertz CT molecular complexity index is 341. The molecule has 0 spiro atoms. The lowest BCUT2D eigenvalue weighted by Crippen LogP contribution is -2.05. The highest BCUT2D eigenvalue weighted by Gasteiger charge is 2.02. The second-order valence-corrected chi connectivity index (χ2v) is 5.41. The fraction of sp³-hybridized carbons (Fsp3) is 0.600. The van der Waals surface area contributed by atoms with E-state index in [4.69, 9.17) is 4.74 Å². The van der Waals surface area contributed by atoms with Gasteiger partial charge >= 0.3 is 0 Å². The summed E-state index contributed by atoms with van der Waals surface area (Å²) < 4.78 is 6.83. The summed E-state index contributed by atoms with van der Waals surface area (Å²) in [4.78, 5) is 0. The Kier molecular flexibility index (Phi) is 8.10. The molecule has 1 rings (SSSR count). The van der Waals surface area contributed by atoms with Gasteiger partial charge in [-0.2, -0.15) is 0 Å². The SMILES string of the molecule is CCCCCCCOc1ccc(CNC)cc1Br. The number of halogens is 1. The third-order valence-electron chi connectivity index (χ3n) is 2.88. The molecule has 0 heterocycles. The Labute approximate surface area is 119 Å². The molecule has 0 fully saturated rings. The van der Waals surface area contributed by atoms with E-state index in [2.05, 4.69) is 40.3 Å². The van der Waals surface area contributed by atoms with Crippen LogP contribution in [-0.4, -0.2) is 13.7 Å². The van der Waals surface area contributed by atoms with Crippen LogP contribution in [0.2, 0.25) is 0 Å². The lowest BCUT2D eigenvalue weighted by atomic mass is 10.2. The first-order valence-electron chi connectivity index (χ1n) is 6.83. The van der Waals surface area contributed by atoms with Crippen molar-refractivity contribution in [3.8, 4) is 5.75 Å². The van der Waals surface area contributed by atoms with Crippen molar-refractivity contribution in [1.82, 2.24) is 5.32 Å². The fourth-order valence-electron chi connectivity index (χ4n) is 1.86. The number of nitrogens with one attached hydrogen (secondary N) is 1. The molecule has 1 N–H and O–H groups in total. The van der Waals surface area contributed by atoms with Crippen LogP contribution in [0.15, 0.2) is 22.7 Å². The van der Waals surface area contributed by atoms with E-state index in [0.717, 1.165) is 29.8 Å². The molecule has 0 aliphatic carbocycles. The molecule has 0 atom stereocenters. The van der Waals surface area contributed by atoms with Crippen LogP contribution in [0.1, 0.15) is 44.6 Å². The van der Waals surface area contributed by atoms with Gasteiger partial charge in [0.15, 0.2) is 0 Å². The molecule has 3 heteroatoms. The second kappa shape index (κ2) is 9.40. The van der Waals surface area contributed by atoms with Crippen molar-refractivity contribution < 1.29 is 4.74 Å². The molecule has 0 aromatic heterocycles. The van der Waals surface area contributed by atoms with E-state index in [0.29, 0.717) is 0 Å². The maximum Gasteiger partial charge on any atom is 0.133 e. The third-order valence-corrected chi connectivity index (χ3v) is 3.50. The topological polar surface area (TPSA) is 21.3 Å². The molecule has 0 saturated heterocycles. The van der Waals surface area contributed by atoms with Crippen LogP contribution in [-0.2, 0) is 6.54 Å². The fourth-order valence-corrected chi connectivity index (χ4v) is 2.40. The Balaban J connectivity index is 2.29. The zero-order valence-electron chi connectivity index (χ0n) is 11.5. The first-order chi connectivity index (χ1) is 8.77. The van der Waals surface area contributed by atoms with E-state index >= 15 is 0 Å². The minimum absolute atomic E-state index is 0.813. The van der Waals surface area contributed by atoms with Gasteiger partial charge < -0.3 is 10.1 Å². The van der Waals surface area contributed by atoms with Gasteiger partial charge in [0, 0.05) is 6.54 Å². The smallest absolute Gasteiger partial charge is 0.133 e. The van der Waals surface area contributed by atoms with Gasteiger partial charge in [-0.15, -0.1) is 0 Å². The summed E-state index contributed by atoms with van der Waals surface area (Å²) in [6.45, 7) is 3.93. The number of hydrogen-bond donors (Lipinski definition) is 1. The molecule has 0 aliphatic rings. The monoisotopic (exact) mass is 313 g/mol. The maximum absolute atomic E-state index is 5.78. The van der Waals surface area contributed by atoms with Crippen molar-refractivity contribution in [2.45, 2.75) is 45.6 Å². The minimum atomic E-state index is 0.813. The van der Waals surface area contributed by atoms with Gasteiger partial charge in [0.05, 0.1) is 11.1 Å². The van der Waals surface area contributed by atoms with Crippen molar-refractivity contribution in [2.24, 2.45) is 0 Å². The molecule has 0 radical (unpaired) electrons. The summed E-state index contributed by atoms with van der Waals surface area (Å²) in [5.41, 5.74) is 1.26. The van der Waals surface area contributed by atoms with E-state index in [-0.39, 0.29) is 0 Å². The Hall–Kier alpha value is -0.540. The van der Waals surface area contributed by atoms with Gasteiger partial charge in [-0.1, -0.05) is 38.7 Å². The van der Waals surface area contributed by atoms with Crippen molar-refractivity contribution in [3.63, 3.8) is 0 Å². The molecule has 102 valence electrons. The highest BCUT2D eigenvalue weighted by Crippen LogP contribution is 2.26. The predicted molar refractivity (Wildman–Crippen MR) is 81.2 cm³/mol. The van der Waals surface area contributed by atoms with Crippen LogP contribution in [0.4, 0.5) is 0 Å². The number of unbranched alkanes of at least 4 members (excludes halogenated alkanes) is 4. The summed E-state index contributed by atoms with van der Waals surface area (Å²) in [5, 5.41) is 3.14. The number of benzene rings is 1. The van der Waals surface area contributed by atoms with E-state index in [9.17, 15) is 0 Å². The summed E-state index contributed by atoms with van der Waals surface area (Å²) in [5.74, 6) is 0.949. The quantitative estimate of drug-likeness (QED) is 0.677. The van der Waals surface area contributed by atoms with Crippen LogP contribution in [0, 0.1) is 0 Å². The van der Waals surface area contributed by atoms with Gasteiger partial charge in [-0.05, 0) is 47.1 Å². The highest BCUT2D eigenvalue weighted by atomic mass is 79.9. The zero-order chi connectivity index (χ0) is 13.2. The van der Waals surface area contributed by atoms with E-state index < -0.39 is 0 Å². The third kappa shape index (κ3) is 5.87. The van der Waals surface area contributed by atoms with Crippen LogP contribution < -0.4 is 10.1 Å². The molecule has 18 heavy (non-hydrogen) atoms. The first kappa shape index (κ1) is 15.5. The maximum atomic E-state index is 5.78. The van der Waals surface area contributed by atoms with Crippen molar-refractivity contribution in [2.75, 3.05) is 13.7 Å². The van der Waals surface area contributed by atoms with Gasteiger partial charge in [0.25, 0.3) is 0 Å². The molecule has 1 aromatic rings. The lowest BCUT2D eigenvalue weighted by molar-refractivity contribution is 0.302. The average molecular weight is 314 g/mol. The number of ether oxygens (including phenoxy) is 1. The molecule has 0 amide bonds. The van der Waals surface area contributed by atoms with Gasteiger partial charge in [-0.25, -0.2) is 0 Å². The molecule has 0 aliphatic heterocycles. The number of rotatable bonds is 9. The largest absolute Gasteiger partial charge is 0.492 e. The van der Waals surface area contributed by atoms with Crippen LogP contribution in [0.25, 0.3) is 0 Å². The average Bonchev–Trinajstić information content (AvgIpc) is 2.36. The van der Waals surface area contributed by atoms with E-state index in [1.807, 2.05) is 13.1 Å². The van der Waals surface area contributed by atoms with Crippen molar-refractivity contribution in [3.05, 3.63) is 28.2 Å². The molecule has 0 bridgehead atoms. The lowest BCUT2D eigenvalue weighted by Gasteiger charge is -2.09. The van der Waals surface area contributed by atoms with Crippen LogP contribution in [0.5, 0.6) is 5.75 Å². The van der Waals surface area contributed by atoms with Crippen LogP contribution in [0.3, 0.4) is 0 Å². The molecule has 0 unspecified atom stereocenters. The van der Waals surface area contributed by atoms with Gasteiger partial charge in [-0.3, -0.25) is 0 Å². The van der Waals surface area contributed by atoms with Gasteiger partial charge in [0.2, 0.25) is 0 Å². The zero-order valence-corrected chi connectivity index (χ0v) is 13.1. The van der Waals surface area contributed by atoms with Crippen molar-refractivity contribution in [1.29, 1.82) is 0 Å². The molecule has 0 saturated carbocycles. The van der Waals surface area contributed by atoms with E-state index in [1.165, 1.54) is 31.2 Å². The predicted octanol–water partition coefficient (Wildman–Crippen LogP) is 4.52. The Morgan fingerprint density at radius 3 is 2.61 bits per heavy atom. The van der Waals surface area contributed by atoms with Crippen LogP contribution >= 0.6 is 15.9 Å². The summed E-state index contributed by atoms with van der Waals surface area (Å²) in [6.07, 6.45) is 6.36. The second-order valence-electron chi connectivity index (χ2n) is 4.56. The van der Waals surface area contributed by atoms with Crippen molar-refractivity contribution >= 4 is 15.9 Å². The Morgan fingerprint density at radius 2 is 1.94 bits per heavy atom. The number of hydrogen-bond acceptors (Lipinski definition) is 2. The highest BCUT2D eigenvalue weighted by molar-refractivity contribution is 9.10. The molecule has 1 aromatic carbocycles. The molecule has 2 nitrogen and oxygen atoms in total. The first-order valence-corrected chi connectivity index (χ1v) is 7.63. The summed E-state index contributed by atoms with van der Waals surface area (Å²) in [6, 6.07) is 6.26. The summed E-state index contributed by atoms with van der Waals surface area (Å²) >= 11 is 3.56. The molecular formula is C15H24BrNO. The summed E-state index contributed by atoms with van der Waals surface area (Å²) in [7, 11) is 1.95. The Morgan fingerprint density at radius 1 is 1.17 bits per heavy atom. The standard InChI is InChI=1S/C15H24BrNO/c1-3-4-5-6-7-10-18-15-9-8-13(12-17-2)11-14(15)16/h8-9,11,17H,3-7,10,12H2,1-2H3. The normalized spacial score (nSPS) is 10.6. The minimum Gasteiger partial charge on any atom is -0.492 e. The van der Waals surface area contributed by atoms with Gasteiger partial charge in [0.1, 0.15) is 5.75 Å².